The van der Waals surface area contributed by atoms with Crippen molar-refractivity contribution in [3.05, 3.63) is 42.5 Å². The molecule has 7 heteroatoms. The number of sulfonamides is 1. The molecule has 0 aromatic heterocycles. The summed E-state index contributed by atoms with van der Waals surface area (Å²) in [6.45, 7) is 0.256. The molecular formula is C15H16ClNO4S. The molecule has 1 N–H and O–H groups in total. The van der Waals surface area contributed by atoms with Gasteiger partial charge in [0.25, 0.3) is 0 Å². The molecule has 1 saturated heterocycles. The predicted octanol–water partition coefficient (Wildman–Crippen LogP) is 2.50. The van der Waals surface area contributed by atoms with Crippen molar-refractivity contribution in [3.63, 3.8) is 0 Å². The summed E-state index contributed by atoms with van der Waals surface area (Å²) in [4.78, 5) is 11.3. The number of halogens is 1. The lowest BCUT2D eigenvalue weighted by Gasteiger charge is -2.21. The van der Waals surface area contributed by atoms with Crippen LogP contribution in [0.4, 0.5) is 0 Å². The zero-order chi connectivity index (χ0) is 15.0. The third kappa shape index (κ3) is 2.82. The highest BCUT2D eigenvalue weighted by molar-refractivity contribution is 7.89. The van der Waals surface area contributed by atoms with Crippen LogP contribution in [0.2, 0.25) is 0 Å². The maximum atomic E-state index is 12.7. The summed E-state index contributed by atoms with van der Waals surface area (Å²) in [7, 11) is -3.77. The molecule has 0 bridgehead atoms. The molecule has 5 nitrogen and oxygen atoms in total. The Bertz CT molecular complexity index is 806. The van der Waals surface area contributed by atoms with Gasteiger partial charge in [0, 0.05) is 6.54 Å². The van der Waals surface area contributed by atoms with E-state index in [1.807, 2.05) is 24.3 Å². The lowest BCUT2D eigenvalue weighted by molar-refractivity contribution is -0.140. The van der Waals surface area contributed by atoms with Crippen LogP contribution in [0.1, 0.15) is 12.8 Å². The smallest absolute Gasteiger partial charge is 0.322 e. The van der Waals surface area contributed by atoms with Crippen molar-refractivity contribution in [2.45, 2.75) is 23.8 Å². The SMILES string of the molecule is Cl.O=C(O)C1CCCN1S(=O)(=O)c1ccc2ccccc2c1. The van der Waals surface area contributed by atoms with E-state index in [4.69, 9.17) is 5.11 Å². The third-order valence-corrected chi connectivity index (χ3v) is 5.72. The fraction of sp³-hybridized carbons (Fsp3) is 0.267. The van der Waals surface area contributed by atoms with E-state index in [0.29, 0.717) is 12.8 Å². The van der Waals surface area contributed by atoms with E-state index in [2.05, 4.69) is 0 Å². The second-order valence-corrected chi connectivity index (χ2v) is 7.01. The monoisotopic (exact) mass is 341 g/mol. The molecule has 0 aliphatic carbocycles. The topological polar surface area (TPSA) is 74.7 Å². The highest BCUT2D eigenvalue weighted by Gasteiger charge is 2.39. The lowest BCUT2D eigenvalue weighted by Crippen LogP contribution is -2.40. The highest BCUT2D eigenvalue weighted by Crippen LogP contribution is 2.28. The summed E-state index contributed by atoms with van der Waals surface area (Å²) < 4.78 is 26.4. The van der Waals surface area contributed by atoms with E-state index in [0.717, 1.165) is 15.1 Å². The van der Waals surface area contributed by atoms with Gasteiger partial charge in [-0.05, 0) is 35.7 Å². The quantitative estimate of drug-likeness (QED) is 0.930. The average Bonchev–Trinajstić information content (AvgIpc) is 2.97. The van der Waals surface area contributed by atoms with Crippen LogP contribution in [0.5, 0.6) is 0 Å². The molecule has 1 aliphatic heterocycles. The van der Waals surface area contributed by atoms with Crippen LogP contribution in [0, 0.1) is 0 Å². The Morgan fingerprint density at radius 2 is 1.82 bits per heavy atom. The van der Waals surface area contributed by atoms with Crippen LogP contribution in [0.15, 0.2) is 47.4 Å². The van der Waals surface area contributed by atoms with E-state index in [1.165, 1.54) is 6.07 Å². The molecule has 0 radical (unpaired) electrons. The van der Waals surface area contributed by atoms with Crippen molar-refractivity contribution in [1.29, 1.82) is 0 Å². The number of hydrogen-bond donors (Lipinski definition) is 1. The van der Waals surface area contributed by atoms with Gasteiger partial charge in [-0.2, -0.15) is 4.31 Å². The number of hydrogen-bond acceptors (Lipinski definition) is 3. The number of fused-ring (bicyclic) bond motifs is 1. The minimum Gasteiger partial charge on any atom is -0.480 e. The first-order valence-electron chi connectivity index (χ1n) is 6.73. The van der Waals surface area contributed by atoms with Crippen LogP contribution in [-0.2, 0) is 14.8 Å². The van der Waals surface area contributed by atoms with Gasteiger partial charge in [0.1, 0.15) is 6.04 Å². The normalized spacial score (nSPS) is 19.0. The minimum atomic E-state index is -3.77. The van der Waals surface area contributed by atoms with Gasteiger partial charge in [-0.25, -0.2) is 8.42 Å². The van der Waals surface area contributed by atoms with Crippen LogP contribution in [0.3, 0.4) is 0 Å². The molecule has 1 atom stereocenters. The van der Waals surface area contributed by atoms with Gasteiger partial charge in [-0.15, -0.1) is 12.4 Å². The van der Waals surface area contributed by atoms with Gasteiger partial charge in [0.05, 0.1) is 4.90 Å². The fourth-order valence-corrected chi connectivity index (χ4v) is 4.42. The van der Waals surface area contributed by atoms with Crippen molar-refractivity contribution in [3.8, 4) is 0 Å². The number of carbonyl (C=O) groups is 1. The largest absolute Gasteiger partial charge is 0.480 e. The first-order valence-corrected chi connectivity index (χ1v) is 8.17. The Balaban J connectivity index is 0.00000176. The summed E-state index contributed by atoms with van der Waals surface area (Å²) >= 11 is 0. The third-order valence-electron chi connectivity index (χ3n) is 3.82. The van der Waals surface area contributed by atoms with E-state index in [9.17, 15) is 13.2 Å². The number of carboxylic acid groups (broad SMARTS) is 1. The molecule has 0 amide bonds. The van der Waals surface area contributed by atoms with Crippen molar-refractivity contribution in [2.24, 2.45) is 0 Å². The Morgan fingerprint density at radius 3 is 2.50 bits per heavy atom. The molecule has 3 rings (SSSR count). The van der Waals surface area contributed by atoms with E-state index in [-0.39, 0.29) is 23.8 Å². The molecule has 0 spiro atoms. The van der Waals surface area contributed by atoms with Gasteiger partial charge in [0.15, 0.2) is 0 Å². The van der Waals surface area contributed by atoms with Gasteiger partial charge in [0.2, 0.25) is 10.0 Å². The van der Waals surface area contributed by atoms with Crippen LogP contribution in [-0.4, -0.2) is 36.4 Å². The van der Waals surface area contributed by atoms with Crippen molar-refractivity contribution in [1.82, 2.24) is 4.31 Å². The van der Waals surface area contributed by atoms with E-state index < -0.39 is 22.0 Å². The first-order chi connectivity index (χ1) is 10.00. The zero-order valence-electron chi connectivity index (χ0n) is 11.7. The Kier molecular flexibility index (Phi) is 4.75. The van der Waals surface area contributed by atoms with Crippen LogP contribution >= 0.6 is 12.4 Å². The van der Waals surface area contributed by atoms with Crippen molar-refractivity contribution < 1.29 is 18.3 Å². The van der Waals surface area contributed by atoms with Crippen LogP contribution in [0.25, 0.3) is 10.8 Å². The number of nitrogens with zero attached hydrogens (tertiary/aromatic N) is 1. The number of benzene rings is 2. The number of rotatable bonds is 3. The van der Waals surface area contributed by atoms with Gasteiger partial charge in [-0.3, -0.25) is 4.79 Å². The number of aliphatic carboxylic acids is 1. The summed E-state index contributed by atoms with van der Waals surface area (Å²) in [6, 6.07) is 11.4. The van der Waals surface area contributed by atoms with Crippen molar-refractivity contribution in [2.75, 3.05) is 6.54 Å². The summed E-state index contributed by atoms with van der Waals surface area (Å²) in [5.74, 6) is -1.09. The fourth-order valence-electron chi connectivity index (χ4n) is 2.74. The minimum absolute atomic E-state index is 0. The van der Waals surface area contributed by atoms with Crippen LogP contribution < -0.4 is 0 Å². The molecule has 118 valence electrons. The summed E-state index contributed by atoms with van der Waals surface area (Å²) in [5, 5.41) is 10.9. The summed E-state index contributed by atoms with van der Waals surface area (Å²) in [6.07, 6.45) is 0.936. The molecule has 0 saturated carbocycles. The maximum absolute atomic E-state index is 12.7. The first kappa shape index (κ1) is 16.7. The predicted molar refractivity (Wildman–Crippen MR) is 85.7 cm³/mol. The Hall–Kier alpha value is -1.63. The highest BCUT2D eigenvalue weighted by atomic mass is 35.5. The van der Waals surface area contributed by atoms with E-state index >= 15 is 0 Å². The Labute approximate surface area is 135 Å². The molecule has 1 aliphatic rings. The second-order valence-electron chi connectivity index (χ2n) is 5.12. The standard InChI is InChI=1S/C15H15NO4S.ClH/c17-15(18)14-6-3-9-16(14)21(19,20)13-8-7-11-4-1-2-5-12(11)10-13;/h1-2,4-5,7-8,10,14H,3,6,9H2,(H,17,18);1H. The lowest BCUT2D eigenvalue weighted by atomic mass is 10.1. The van der Waals surface area contributed by atoms with Gasteiger partial charge in [-0.1, -0.05) is 30.3 Å². The molecule has 1 fully saturated rings. The molecule has 1 unspecified atom stereocenters. The van der Waals surface area contributed by atoms with Gasteiger partial charge >= 0.3 is 5.97 Å². The molecule has 2 aromatic rings. The van der Waals surface area contributed by atoms with Crippen molar-refractivity contribution >= 4 is 39.2 Å². The molecule has 2 aromatic carbocycles. The average molecular weight is 342 g/mol. The zero-order valence-corrected chi connectivity index (χ0v) is 13.3. The molecule has 1 heterocycles. The number of carboxylic acids is 1. The van der Waals surface area contributed by atoms with E-state index in [1.54, 1.807) is 12.1 Å². The Morgan fingerprint density at radius 1 is 1.14 bits per heavy atom. The molecule has 22 heavy (non-hydrogen) atoms. The second kappa shape index (κ2) is 6.24. The maximum Gasteiger partial charge on any atom is 0.322 e. The van der Waals surface area contributed by atoms with Gasteiger partial charge < -0.3 is 5.11 Å². The molecular weight excluding hydrogens is 326 g/mol. The summed E-state index contributed by atoms with van der Waals surface area (Å²) in [5.41, 5.74) is 0.